The lowest BCUT2D eigenvalue weighted by Crippen LogP contribution is -2.53. The van der Waals surface area contributed by atoms with Crippen molar-refractivity contribution < 1.29 is 14.7 Å². The van der Waals surface area contributed by atoms with E-state index in [2.05, 4.69) is 19.2 Å². The SMILES string of the molecule is CC(C)CN(C(=O)NC(C(=O)O)C(C)C)C1CCCC1. The van der Waals surface area contributed by atoms with Crippen molar-refractivity contribution in [3.8, 4) is 0 Å². The van der Waals surface area contributed by atoms with Crippen LogP contribution in [0.1, 0.15) is 53.4 Å². The summed E-state index contributed by atoms with van der Waals surface area (Å²) < 4.78 is 0. The van der Waals surface area contributed by atoms with Gasteiger partial charge in [-0.25, -0.2) is 9.59 Å². The Morgan fingerprint density at radius 2 is 1.75 bits per heavy atom. The van der Waals surface area contributed by atoms with Crippen molar-refractivity contribution >= 4 is 12.0 Å². The van der Waals surface area contributed by atoms with Crippen molar-refractivity contribution in [2.45, 2.75) is 65.5 Å². The highest BCUT2D eigenvalue weighted by atomic mass is 16.4. The molecule has 1 atom stereocenters. The van der Waals surface area contributed by atoms with Gasteiger partial charge in [0.1, 0.15) is 6.04 Å². The second kappa shape index (κ2) is 7.50. The molecule has 0 saturated heterocycles. The number of carboxylic acid groups (broad SMARTS) is 1. The van der Waals surface area contributed by atoms with Crippen LogP contribution < -0.4 is 5.32 Å². The maximum absolute atomic E-state index is 12.4. The number of nitrogens with one attached hydrogen (secondary N) is 1. The summed E-state index contributed by atoms with van der Waals surface area (Å²) in [6, 6.07) is -0.788. The molecular weight excluding hydrogens is 256 g/mol. The van der Waals surface area contributed by atoms with Crippen LogP contribution in [0.15, 0.2) is 0 Å². The zero-order valence-electron chi connectivity index (χ0n) is 13.1. The average molecular weight is 284 g/mol. The first kappa shape index (κ1) is 16.8. The van der Waals surface area contributed by atoms with Crippen molar-refractivity contribution in [1.29, 1.82) is 0 Å². The molecule has 0 aromatic rings. The Morgan fingerprint density at radius 1 is 1.20 bits per heavy atom. The van der Waals surface area contributed by atoms with Crippen LogP contribution in [0.4, 0.5) is 4.79 Å². The lowest BCUT2D eigenvalue weighted by atomic mass is 10.0. The number of hydrogen-bond acceptors (Lipinski definition) is 2. The van der Waals surface area contributed by atoms with Gasteiger partial charge in [-0.15, -0.1) is 0 Å². The number of aliphatic carboxylic acids is 1. The predicted octanol–water partition coefficient (Wildman–Crippen LogP) is 2.71. The molecule has 0 spiro atoms. The average Bonchev–Trinajstić information content (AvgIpc) is 2.85. The second-order valence-electron chi connectivity index (χ2n) is 6.49. The number of carbonyl (C=O) groups is 2. The van der Waals surface area contributed by atoms with Gasteiger partial charge >= 0.3 is 12.0 Å². The van der Waals surface area contributed by atoms with Gasteiger partial charge in [0, 0.05) is 12.6 Å². The Kier molecular flexibility index (Phi) is 6.30. The van der Waals surface area contributed by atoms with Crippen LogP contribution in [0.5, 0.6) is 0 Å². The van der Waals surface area contributed by atoms with E-state index in [1.807, 2.05) is 4.90 Å². The number of amides is 2. The number of carbonyl (C=O) groups excluding carboxylic acids is 1. The normalized spacial score (nSPS) is 17.5. The van der Waals surface area contributed by atoms with Crippen molar-refractivity contribution in [3.05, 3.63) is 0 Å². The Balaban J connectivity index is 2.73. The topological polar surface area (TPSA) is 69.6 Å². The van der Waals surface area contributed by atoms with Gasteiger partial charge < -0.3 is 15.3 Å². The summed E-state index contributed by atoms with van der Waals surface area (Å²) in [7, 11) is 0. The number of urea groups is 1. The fraction of sp³-hybridized carbons (Fsp3) is 0.867. The third-order valence-electron chi connectivity index (χ3n) is 3.80. The lowest BCUT2D eigenvalue weighted by Gasteiger charge is -2.32. The highest BCUT2D eigenvalue weighted by Gasteiger charge is 2.31. The van der Waals surface area contributed by atoms with Crippen LogP contribution >= 0.6 is 0 Å². The molecule has 1 saturated carbocycles. The van der Waals surface area contributed by atoms with Crippen LogP contribution in [0.3, 0.4) is 0 Å². The highest BCUT2D eigenvalue weighted by molar-refractivity contribution is 5.83. The van der Waals surface area contributed by atoms with E-state index in [1.54, 1.807) is 13.8 Å². The minimum absolute atomic E-state index is 0.124. The summed E-state index contributed by atoms with van der Waals surface area (Å²) in [6.07, 6.45) is 4.36. The molecule has 2 amide bonds. The minimum atomic E-state index is -0.968. The van der Waals surface area contributed by atoms with Crippen LogP contribution in [-0.4, -0.2) is 40.6 Å². The molecule has 0 aliphatic heterocycles. The molecule has 1 aliphatic carbocycles. The molecule has 5 nitrogen and oxygen atoms in total. The summed E-state index contributed by atoms with van der Waals surface area (Å²) >= 11 is 0. The molecule has 0 heterocycles. The molecule has 20 heavy (non-hydrogen) atoms. The number of nitrogens with zero attached hydrogens (tertiary/aromatic N) is 1. The van der Waals surface area contributed by atoms with E-state index in [9.17, 15) is 14.7 Å². The standard InChI is InChI=1S/C15H28N2O3/c1-10(2)9-17(12-7-5-6-8-12)15(20)16-13(11(3)4)14(18)19/h10-13H,5-9H2,1-4H3,(H,16,20)(H,18,19). The van der Waals surface area contributed by atoms with Crippen molar-refractivity contribution in [2.75, 3.05) is 6.54 Å². The molecule has 116 valence electrons. The fourth-order valence-corrected chi connectivity index (χ4v) is 2.74. The van der Waals surface area contributed by atoms with E-state index in [0.717, 1.165) is 25.7 Å². The van der Waals surface area contributed by atoms with Gasteiger partial charge in [-0.05, 0) is 24.7 Å². The van der Waals surface area contributed by atoms with Gasteiger partial charge in [-0.1, -0.05) is 40.5 Å². The van der Waals surface area contributed by atoms with E-state index in [0.29, 0.717) is 12.5 Å². The Morgan fingerprint density at radius 3 is 2.15 bits per heavy atom. The zero-order chi connectivity index (χ0) is 15.3. The second-order valence-corrected chi connectivity index (χ2v) is 6.49. The molecule has 0 aromatic heterocycles. The summed E-state index contributed by atoms with van der Waals surface area (Å²) in [6.45, 7) is 8.45. The molecule has 1 rings (SSSR count). The molecule has 0 bridgehead atoms. The predicted molar refractivity (Wildman–Crippen MR) is 78.6 cm³/mol. The third kappa shape index (κ3) is 4.69. The lowest BCUT2D eigenvalue weighted by molar-refractivity contribution is -0.140. The van der Waals surface area contributed by atoms with Gasteiger partial charge in [0.05, 0.1) is 0 Å². The minimum Gasteiger partial charge on any atom is -0.480 e. The van der Waals surface area contributed by atoms with Crippen LogP contribution in [0.2, 0.25) is 0 Å². The summed E-state index contributed by atoms with van der Waals surface area (Å²) in [5, 5.41) is 11.9. The fourth-order valence-electron chi connectivity index (χ4n) is 2.74. The molecule has 1 aliphatic rings. The first-order valence-electron chi connectivity index (χ1n) is 7.62. The summed E-state index contributed by atoms with van der Waals surface area (Å²) in [5.74, 6) is -0.714. The quantitative estimate of drug-likeness (QED) is 0.788. The van der Waals surface area contributed by atoms with Gasteiger partial charge in [-0.3, -0.25) is 0 Å². The van der Waals surface area contributed by atoms with E-state index >= 15 is 0 Å². The van der Waals surface area contributed by atoms with E-state index in [1.165, 1.54) is 0 Å². The third-order valence-corrected chi connectivity index (χ3v) is 3.80. The molecular formula is C15H28N2O3. The molecule has 1 unspecified atom stereocenters. The molecule has 0 radical (unpaired) electrons. The first-order chi connectivity index (χ1) is 9.32. The maximum atomic E-state index is 12.4. The Bertz CT molecular complexity index is 336. The smallest absolute Gasteiger partial charge is 0.326 e. The molecule has 1 fully saturated rings. The van der Waals surface area contributed by atoms with Crippen molar-refractivity contribution in [2.24, 2.45) is 11.8 Å². The molecule has 0 aromatic carbocycles. The number of rotatable bonds is 6. The Labute approximate surface area is 121 Å². The van der Waals surface area contributed by atoms with Gasteiger partial charge in [0.25, 0.3) is 0 Å². The number of hydrogen-bond donors (Lipinski definition) is 2. The molecule has 5 heteroatoms. The first-order valence-corrected chi connectivity index (χ1v) is 7.62. The monoisotopic (exact) mass is 284 g/mol. The summed E-state index contributed by atoms with van der Waals surface area (Å²) in [5.41, 5.74) is 0. The van der Waals surface area contributed by atoms with Gasteiger partial charge in [0.15, 0.2) is 0 Å². The Hall–Kier alpha value is -1.26. The maximum Gasteiger partial charge on any atom is 0.326 e. The van der Waals surface area contributed by atoms with Gasteiger partial charge in [0.2, 0.25) is 0 Å². The summed E-state index contributed by atoms with van der Waals surface area (Å²) in [4.78, 5) is 25.5. The van der Waals surface area contributed by atoms with Crippen molar-refractivity contribution in [3.63, 3.8) is 0 Å². The van der Waals surface area contributed by atoms with Crippen molar-refractivity contribution in [1.82, 2.24) is 10.2 Å². The van der Waals surface area contributed by atoms with E-state index in [4.69, 9.17) is 0 Å². The van der Waals surface area contributed by atoms with E-state index < -0.39 is 12.0 Å². The van der Waals surface area contributed by atoms with Crippen LogP contribution in [0, 0.1) is 11.8 Å². The van der Waals surface area contributed by atoms with Crippen LogP contribution in [-0.2, 0) is 4.79 Å². The van der Waals surface area contributed by atoms with E-state index in [-0.39, 0.29) is 18.0 Å². The van der Waals surface area contributed by atoms with Gasteiger partial charge in [-0.2, -0.15) is 0 Å². The molecule has 2 N–H and O–H groups in total. The largest absolute Gasteiger partial charge is 0.480 e. The number of carboxylic acids is 1. The van der Waals surface area contributed by atoms with Crippen LogP contribution in [0.25, 0.3) is 0 Å². The highest BCUT2D eigenvalue weighted by Crippen LogP contribution is 2.24. The zero-order valence-corrected chi connectivity index (χ0v) is 13.1.